The minimum atomic E-state index is 0.0658. The normalized spacial score (nSPS) is 10.9. The van der Waals surface area contributed by atoms with Crippen LogP contribution in [0.5, 0.6) is 0 Å². The zero-order chi connectivity index (χ0) is 17.2. The molecule has 0 amide bonds. The summed E-state index contributed by atoms with van der Waals surface area (Å²) in [4.78, 5) is 21.1. The smallest absolute Gasteiger partial charge is 0.168 e. The highest BCUT2D eigenvalue weighted by atomic mass is 16.1. The van der Waals surface area contributed by atoms with Gasteiger partial charge in [-0.3, -0.25) is 9.78 Å². The Kier molecular flexibility index (Phi) is 3.86. The summed E-state index contributed by atoms with van der Waals surface area (Å²) < 4.78 is 2.03. The molecule has 3 aromatic heterocycles. The van der Waals surface area contributed by atoms with E-state index in [9.17, 15) is 4.79 Å². The Labute approximate surface area is 145 Å². The van der Waals surface area contributed by atoms with Gasteiger partial charge >= 0.3 is 0 Å². The van der Waals surface area contributed by atoms with Crippen LogP contribution in [0.3, 0.4) is 0 Å². The highest BCUT2D eigenvalue weighted by Gasteiger charge is 2.10. The van der Waals surface area contributed by atoms with Crippen molar-refractivity contribution in [3.05, 3.63) is 90.0 Å². The Morgan fingerprint density at radius 2 is 2.04 bits per heavy atom. The highest BCUT2D eigenvalue weighted by molar-refractivity contribution is 5.97. The summed E-state index contributed by atoms with van der Waals surface area (Å²) >= 11 is 0. The van der Waals surface area contributed by atoms with Gasteiger partial charge in [0.25, 0.3) is 0 Å². The van der Waals surface area contributed by atoms with E-state index in [-0.39, 0.29) is 5.78 Å². The molecule has 0 radical (unpaired) electrons. The number of hydrogen-bond donors (Lipinski definition) is 0. The molecule has 0 saturated carbocycles. The van der Waals surface area contributed by atoms with Crippen LogP contribution >= 0.6 is 0 Å². The number of aromatic nitrogens is 3. The number of imidazole rings is 1. The van der Waals surface area contributed by atoms with Crippen molar-refractivity contribution in [2.24, 2.45) is 0 Å². The Morgan fingerprint density at radius 3 is 2.84 bits per heavy atom. The van der Waals surface area contributed by atoms with Gasteiger partial charge < -0.3 is 4.40 Å². The molecule has 0 saturated heterocycles. The number of fused-ring (bicyclic) bond motifs is 1. The van der Waals surface area contributed by atoms with Crippen LogP contribution in [0.15, 0.2) is 73.3 Å². The molecule has 0 aliphatic carbocycles. The van der Waals surface area contributed by atoms with Gasteiger partial charge in [0.1, 0.15) is 5.65 Å². The van der Waals surface area contributed by atoms with Crippen molar-refractivity contribution in [3.8, 4) is 11.3 Å². The number of rotatable bonds is 4. The van der Waals surface area contributed by atoms with E-state index in [4.69, 9.17) is 4.98 Å². The molecule has 25 heavy (non-hydrogen) atoms. The van der Waals surface area contributed by atoms with Crippen molar-refractivity contribution in [1.29, 1.82) is 0 Å². The predicted molar refractivity (Wildman–Crippen MR) is 97.6 cm³/mol. The molecule has 0 fully saturated rings. The monoisotopic (exact) mass is 327 g/mol. The number of aryl methyl sites for hydroxylation is 1. The summed E-state index contributed by atoms with van der Waals surface area (Å²) in [6, 6.07) is 15.6. The first-order chi connectivity index (χ1) is 12.2. The Balaban J connectivity index is 1.64. The maximum atomic E-state index is 12.4. The van der Waals surface area contributed by atoms with E-state index in [1.54, 1.807) is 24.5 Å². The predicted octanol–water partition coefficient (Wildman–Crippen LogP) is 4.13. The molecular formula is C21H17N3O. The SMILES string of the molecule is Cc1cccn2cc(-c3cccc(CC(=O)c4cccnc4)c3)nc12. The van der Waals surface area contributed by atoms with Crippen LogP contribution in [0.2, 0.25) is 0 Å². The van der Waals surface area contributed by atoms with Gasteiger partial charge in [-0.15, -0.1) is 0 Å². The summed E-state index contributed by atoms with van der Waals surface area (Å²) in [5, 5.41) is 0. The summed E-state index contributed by atoms with van der Waals surface area (Å²) in [6.07, 6.45) is 7.64. The maximum absolute atomic E-state index is 12.4. The van der Waals surface area contributed by atoms with Crippen LogP contribution in [0.25, 0.3) is 16.9 Å². The lowest BCUT2D eigenvalue weighted by Crippen LogP contribution is -2.03. The van der Waals surface area contributed by atoms with Crippen molar-refractivity contribution in [2.45, 2.75) is 13.3 Å². The van der Waals surface area contributed by atoms with Gasteiger partial charge in [-0.2, -0.15) is 0 Å². The third-order valence-corrected chi connectivity index (χ3v) is 4.25. The van der Waals surface area contributed by atoms with Crippen LogP contribution in [0.1, 0.15) is 21.5 Å². The molecule has 4 rings (SSSR count). The van der Waals surface area contributed by atoms with E-state index in [2.05, 4.69) is 18.0 Å². The first-order valence-electron chi connectivity index (χ1n) is 8.17. The lowest BCUT2D eigenvalue weighted by molar-refractivity contribution is 0.0992. The molecule has 4 heteroatoms. The van der Waals surface area contributed by atoms with E-state index < -0.39 is 0 Å². The fraction of sp³-hybridized carbons (Fsp3) is 0.0952. The van der Waals surface area contributed by atoms with E-state index >= 15 is 0 Å². The Morgan fingerprint density at radius 1 is 1.12 bits per heavy atom. The third kappa shape index (κ3) is 3.06. The standard InChI is InChI=1S/C21H17N3O/c1-15-5-4-10-24-14-19(23-21(15)24)17-7-2-6-16(11-17)12-20(25)18-8-3-9-22-13-18/h2-11,13-14H,12H2,1H3. The van der Waals surface area contributed by atoms with E-state index in [0.717, 1.165) is 28.0 Å². The van der Waals surface area contributed by atoms with Crippen molar-refractivity contribution < 1.29 is 4.79 Å². The van der Waals surface area contributed by atoms with Gasteiger partial charge in [-0.1, -0.05) is 24.3 Å². The van der Waals surface area contributed by atoms with Crippen LogP contribution in [-0.2, 0) is 6.42 Å². The first-order valence-corrected chi connectivity index (χ1v) is 8.17. The second-order valence-electron chi connectivity index (χ2n) is 6.09. The minimum absolute atomic E-state index is 0.0658. The van der Waals surface area contributed by atoms with Crippen molar-refractivity contribution in [2.75, 3.05) is 0 Å². The number of pyridine rings is 2. The van der Waals surface area contributed by atoms with Gasteiger partial charge in [-0.25, -0.2) is 4.98 Å². The molecular weight excluding hydrogens is 310 g/mol. The number of nitrogens with zero attached hydrogens (tertiary/aromatic N) is 3. The van der Waals surface area contributed by atoms with Crippen LogP contribution in [0, 0.1) is 6.92 Å². The maximum Gasteiger partial charge on any atom is 0.168 e. The second-order valence-corrected chi connectivity index (χ2v) is 6.09. The zero-order valence-corrected chi connectivity index (χ0v) is 13.9. The molecule has 0 N–H and O–H groups in total. The molecule has 0 atom stereocenters. The van der Waals surface area contributed by atoms with Crippen LogP contribution in [0.4, 0.5) is 0 Å². The third-order valence-electron chi connectivity index (χ3n) is 4.25. The number of benzene rings is 1. The fourth-order valence-electron chi connectivity index (χ4n) is 2.95. The number of Topliss-reactive ketones (excluding diaryl/α,β-unsaturated/α-hetero) is 1. The van der Waals surface area contributed by atoms with Crippen LogP contribution in [-0.4, -0.2) is 20.2 Å². The lowest BCUT2D eigenvalue weighted by atomic mass is 10.0. The number of carbonyl (C=O) groups is 1. The second kappa shape index (κ2) is 6.32. The van der Waals surface area contributed by atoms with Gasteiger partial charge in [0.2, 0.25) is 0 Å². The van der Waals surface area contributed by atoms with Gasteiger partial charge in [0, 0.05) is 42.3 Å². The molecule has 4 aromatic rings. The average molecular weight is 327 g/mol. The summed E-state index contributed by atoms with van der Waals surface area (Å²) in [5.41, 5.74) is 5.62. The summed E-state index contributed by atoms with van der Waals surface area (Å²) in [6.45, 7) is 2.05. The number of carbonyl (C=O) groups excluding carboxylic acids is 1. The van der Waals surface area contributed by atoms with Crippen molar-refractivity contribution >= 4 is 11.4 Å². The van der Waals surface area contributed by atoms with Crippen LogP contribution < -0.4 is 0 Å². The molecule has 1 aromatic carbocycles. The van der Waals surface area contributed by atoms with Crippen molar-refractivity contribution in [1.82, 2.24) is 14.4 Å². The number of ketones is 1. The molecule has 0 spiro atoms. The zero-order valence-electron chi connectivity index (χ0n) is 13.9. The largest absolute Gasteiger partial charge is 0.306 e. The topological polar surface area (TPSA) is 47.3 Å². The molecule has 122 valence electrons. The van der Waals surface area contributed by atoms with Gasteiger partial charge in [-0.05, 0) is 42.3 Å². The van der Waals surface area contributed by atoms with E-state index in [1.807, 2.05) is 47.1 Å². The fourth-order valence-corrected chi connectivity index (χ4v) is 2.95. The summed E-state index contributed by atoms with van der Waals surface area (Å²) in [7, 11) is 0. The molecule has 4 nitrogen and oxygen atoms in total. The number of hydrogen-bond acceptors (Lipinski definition) is 3. The molecule has 0 bridgehead atoms. The van der Waals surface area contributed by atoms with Crippen molar-refractivity contribution in [3.63, 3.8) is 0 Å². The lowest BCUT2D eigenvalue weighted by Gasteiger charge is -2.03. The average Bonchev–Trinajstić information content (AvgIpc) is 3.08. The Hall–Kier alpha value is -3.27. The Bertz CT molecular complexity index is 1050. The molecule has 3 heterocycles. The molecule has 0 aliphatic rings. The minimum Gasteiger partial charge on any atom is -0.306 e. The van der Waals surface area contributed by atoms with Gasteiger partial charge in [0.15, 0.2) is 5.78 Å². The molecule has 0 aliphatic heterocycles. The van der Waals surface area contributed by atoms with E-state index in [1.165, 1.54) is 0 Å². The quantitative estimate of drug-likeness (QED) is 0.530. The molecule has 0 unspecified atom stereocenters. The summed E-state index contributed by atoms with van der Waals surface area (Å²) in [5.74, 6) is 0.0658. The van der Waals surface area contributed by atoms with E-state index in [0.29, 0.717) is 12.0 Å². The highest BCUT2D eigenvalue weighted by Crippen LogP contribution is 2.22. The first kappa shape index (κ1) is 15.3. The van der Waals surface area contributed by atoms with Gasteiger partial charge in [0.05, 0.1) is 5.69 Å².